The third kappa shape index (κ3) is 2.84. The molecule has 0 saturated heterocycles. The lowest BCUT2D eigenvalue weighted by Gasteiger charge is -2.23. The summed E-state index contributed by atoms with van der Waals surface area (Å²) < 4.78 is 10.3. The lowest BCUT2D eigenvalue weighted by atomic mass is 9.86. The van der Waals surface area contributed by atoms with Gasteiger partial charge >= 0.3 is 5.97 Å². The van der Waals surface area contributed by atoms with Gasteiger partial charge in [0.2, 0.25) is 11.8 Å². The van der Waals surface area contributed by atoms with Gasteiger partial charge in [0.05, 0.1) is 24.3 Å². The lowest BCUT2D eigenvalue weighted by Crippen LogP contribution is -2.21. The van der Waals surface area contributed by atoms with E-state index in [1.165, 1.54) is 0 Å². The van der Waals surface area contributed by atoms with Gasteiger partial charge in [-0.1, -0.05) is 13.3 Å². The van der Waals surface area contributed by atoms with E-state index in [1.807, 2.05) is 6.92 Å². The molecule has 7 heteroatoms. The topological polar surface area (TPSA) is 114 Å². The molecule has 1 aromatic heterocycles. The van der Waals surface area contributed by atoms with Crippen LogP contribution in [0.1, 0.15) is 43.9 Å². The molecule has 1 aliphatic heterocycles. The highest BCUT2D eigenvalue weighted by Gasteiger charge is 2.33. The average molecular weight is 290 g/mol. The van der Waals surface area contributed by atoms with Crippen LogP contribution in [0.15, 0.2) is 11.5 Å². The molecule has 0 radical (unpaired) electrons. The van der Waals surface area contributed by atoms with Crippen LogP contribution in [0.3, 0.4) is 0 Å². The number of rotatable bonds is 5. The van der Waals surface area contributed by atoms with Crippen molar-refractivity contribution in [2.45, 2.75) is 39.0 Å². The maximum atomic E-state index is 11.7. The van der Waals surface area contributed by atoms with E-state index < -0.39 is 0 Å². The van der Waals surface area contributed by atoms with Crippen molar-refractivity contribution >= 4 is 5.97 Å². The van der Waals surface area contributed by atoms with E-state index in [4.69, 9.17) is 15.2 Å². The third-order valence-electron chi connectivity index (χ3n) is 3.34. The van der Waals surface area contributed by atoms with Crippen molar-refractivity contribution in [1.82, 2.24) is 10.2 Å². The molecule has 0 amide bonds. The average Bonchev–Trinajstić information content (AvgIpc) is 2.82. The van der Waals surface area contributed by atoms with Crippen LogP contribution in [0.2, 0.25) is 0 Å². The van der Waals surface area contributed by atoms with Gasteiger partial charge in [0.25, 0.3) is 0 Å². The molecule has 2 heterocycles. The Labute approximate surface area is 122 Å². The number of ether oxygens (including phenoxy) is 2. The number of fused-ring (bicyclic) bond motifs is 1. The van der Waals surface area contributed by atoms with Crippen LogP contribution in [-0.2, 0) is 16.0 Å². The number of aromatic nitrogens is 2. The van der Waals surface area contributed by atoms with Crippen molar-refractivity contribution in [2.75, 3.05) is 6.61 Å². The van der Waals surface area contributed by atoms with Crippen LogP contribution in [-0.4, -0.2) is 22.8 Å². The highest BCUT2D eigenvalue weighted by molar-refractivity contribution is 5.73. The first kappa shape index (κ1) is 14.9. The zero-order chi connectivity index (χ0) is 15.4. The second-order valence-electron chi connectivity index (χ2n) is 4.74. The minimum Gasteiger partial charge on any atom is -0.466 e. The lowest BCUT2D eigenvalue weighted by molar-refractivity contribution is -0.142. The van der Waals surface area contributed by atoms with Gasteiger partial charge in [0.15, 0.2) is 0 Å². The van der Waals surface area contributed by atoms with Crippen LogP contribution in [0.25, 0.3) is 0 Å². The number of nitrogens with one attached hydrogen (secondary N) is 1. The fourth-order valence-electron chi connectivity index (χ4n) is 2.48. The third-order valence-corrected chi connectivity index (χ3v) is 3.34. The highest BCUT2D eigenvalue weighted by Crippen LogP contribution is 2.41. The molecule has 3 N–H and O–H groups in total. The molecule has 0 spiro atoms. The van der Waals surface area contributed by atoms with Crippen LogP contribution >= 0.6 is 0 Å². The maximum Gasteiger partial charge on any atom is 0.311 e. The van der Waals surface area contributed by atoms with Crippen molar-refractivity contribution in [3.05, 3.63) is 22.7 Å². The van der Waals surface area contributed by atoms with Gasteiger partial charge in [-0.25, -0.2) is 0 Å². The van der Waals surface area contributed by atoms with Crippen molar-refractivity contribution in [3.63, 3.8) is 0 Å². The Morgan fingerprint density at radius 3 is 2.95 bits per heavy atom. The van der Waals surface area contributed by atoms with Crippen LogP contribution in [0.5, 0.6) is 5.88 Å². The number of esters is 1. The number of nitrogens with zero attached hydrogens (tertiary/aromatic N) is 2. The number of nitriles is 1. The second-order valence-corrected chi connectivity index (χ2v) is 4.74. The SMILES string of the molecule is CCC[C@H]1C(C#N)=C(N)Oc2n[nH]c(CC(=O)OCC)c21. The molecule has 2 rings (SSSR count). The van der Waals surface area contributed by atoms with Gasteiger partial charge in [-0.2, -0.15) is 5.26 Å². The van der Waals surface area contributed by atoms with Crippen LogP contribution < -0.4 is 10.5 Å². The predicted octanol–water partition coefficient (Wildman–Crippen LogP) is 1.49. The Morgan fingerprint density at radius 1 is 1.57 bits per heavy atom. The summed E-state index contributed by atoms with van der Waals surface area (Å²) in [4.78, 5) is 11.7. The summed E-state index contributed by atoms with van der Waals surface area (Å²) in [5.41, 5.74) is 7.50. The molecule has 7 nitrogen and oxygen atoms in total. The number of nitrogens with two attached hydrogens (primary N) is 1. The van der Waals surface area contributed by atoms with Crippen LogP contribution in [0, 0.1) is 11.3 Å². The number of H-pyrrole nitrogens is 1. The van der Waals surface area contributed by atoms with Crippen molar-refractivity contribution in [1.29, 1.82) is 5.26 Å². The predicted molar refractivity (Wildman–Crippen MR) is 74.0 cm³/mol. The molecule has 21 heavy (non-hydrogen) atoms. The van der Waals surface area contributed by atoms with Gasteiger partial charge in [0, 0.05) is 11.5 Å². The van der Waals surface area contributed by atoms with E-state index >= 15 is 0 Å². The minimum absolute atomic E-state index is 0.0678. The molecule has 0 fully saturated rings. The smallest absolute Gasteiger partial charge is 0.311 e. The molecule has 0 unspecified atom stereocenters. The normalized spacial score (nSPS) is 16.9. The summed E-state index contributed by atoms with van der Waals surface area (Å²) in [5.74, 6) is -0.131. The largest absolute Gasteiger partial charge is 0.466 e. The minimum atomic E-state index is -0.347. The molecular formula is C14H18N4O3. The van der Waals surface area contributed by atoms with E-state index in [0.717, 1.165) is 18.4 Å². The molecule has 1 aromatic rings. The fraction of sp³-hybridized carbons (Fsp3) is 0.500. The first-order valence-corrected chi connectivity index (χ1v) is 6.92. The van der Waals surface area contributed by atoms with Crippen LogP contribution in [0.4, 0.5) is 0 Å². The standard InChI is InChI=1S/C14H18N4O3/c1-3-5-8-9(7-15)13(16)21-14-12(8)10(17-18-14)6-11(19)20-4-2/h8H,3-6,16H2,1-2H3,(H,17,18)/t8-/m0/s1. The summed E-state index contributed by atoms with van der Waals surface area (Å²) in [6, 6.07) is 2.10. The fourth-order valence-corrected chi connectivity index (χ4v) is 2.48. The Bertz CT molecular complexity index is 612. The molecule has 0 bridgehead atoms. The molecular weight excluding hydrogens is 272 g/mol. The Morgan fingerprint density at radius 2 is 2.33 bits per heavy atom. The number of aromatic amines is 1. The number of hydrogen-bond acceptors (Lipinski definition) is 6. The first-order valence-electron chi connectivity index (χ1n) is 6.92. The van der Waals surface area contributed by atoms with E-state index in [1.54, 1.807) is 6.92 Å². The molecule has 1 aliphatic rings. The zero-order valence-corrected chi connectivity index (χ0v) is 12.1. The molecule has 0 aliphatic carbocycles. The molecule has 0 saturated carbocycles. The summed E-state index contributed by atoms with van der Waals surface area (Å²) >= 11 is 0. The van der Waals surface area contributed by atoms with Gasteiger partial charge in [-0.15, -0.1) is 5.10 Å². The highest BCUT2D eigenvalue weighted by atomic mass is 16.5. The number of hydrogen-bond donors (Lipinski definition) is 2. The van der Waals surface area contributed by atoms with Crippen molar-refractivity contribution < 1.29 is 14.3 Å². The zero-order valence-electron chi connectivity index (χ0n) is 12.1. The van der Waals surface area contributed by atoms with Crippen molar-refractivity contribution in [2.24, 2.45) is 5.73 Å². The maximum absolute atomic E-state index is 11.7. The summed E-state index contributed by atoms with van der Waals surface area (Å²) in [5, 5.41) is 16.1. The number of carbonyl (C=O) groups is 1. The monoisotopic (exact) mass is 290 g/mol. The first-order chi connectivity index (χ1) is 10.1. The Balaban J connectivity index is 2.37. The Kier molecular flexibility index (Phi) is 4.48. The number of allylic oxidation sites excluding steroid dienone is 1. The summed E-state index contributed by atoms with van der Waals surface area (Å²) in [6.07, 6.45) is 1.67. The van der Waals surface area contributed by atoms with Gasteiger partial charge < -0.3 is 15.2 Å². The second kappa shape index (κ2) is 6.31. The van der Waals surface area contributed by atoms with Gasteiger partial charge in [-0.05, 0) is 13.3 Å². The summed E-state index contributed by atoms with van der Waals surface area (Å²) in [6.45, 7) is 4.09. The molecule has 0 aromatic carbocycles. The van der Waals surface area contributed by atoms with E-state index in [2.05, 4.69) is 16.3 Å². The Hall–Kier alpha value is -2.49. The van der Waals surface area contributed by atoms with Gasteiger partial charge in [-0.3, -0.25) is 9.89 Å². The van der Waals surface area contributed by atoms with E-state index in [0.29, 0.717) is 23.8 Å². The van der Waals surface area contributed by atoms with E-state index in [9.17, 15) is 10.1 Å². The van der Waals surface area contributed by atoms with Crippen molar-refractivity contribution in [3.8, 4) is 11.9 Å². The molecule has 112 valence electrons. The number of carbonyl (C=O) groups excluding carboxylic acids is 1. The summed E-state index contributed by atoms with van der Waals surface area (Å²) in [7, 11) is 0. The molecule has 1 atom stereocenters. The quantitative estimate of drug-likeness (QED) is 0.794. The van der Waals surface area contributed by atoms with Gasteiger partial charge in [0.1, 0.15) is 6.07 Å². The van der Waals surface area contributed by atoms with E-state index in [-0.39, 0.29) is 24.2 Å².